The van der Waals surface area contributed by atoms with Gasteiger partial charge in [-0.1, -0.05) is 12.5 Å². The van der Waals surface area contributed by atoms with Gasteiger partial charge in [-0.15, -0.1) is 10.2 Å². The molecule has 0 unspecified atom stereocenters. The fourth-order valence-corrected chi connectivity index (χ4v) is 4.03. The van der Waals surface area contributed by atoms with Crippen LogP contribution in [0.1, 0.15) is 37.1 Å². The number of benzene rings is 2. The first-order chi connectivity index (χ1) is 15.2. The molecule has 2 aliphatic rings. The van der Waals surface area contributed by atoms with E-state index < -0.39 is 5.82 Å². The Labute approximate surface area is 179 Å². The topological polar surface area (TPSA) is 78.3 Å². The maximum atomic E-state index is 14.4. The van der Waals surface area contributed by atoms with Gasteiger partial charge in [-0.05, 0) is 55.2 Å². The van der Waals surface area contributed by atoms with E-state index in [2.05, 4.69) is 20.1 Å². The molecule has 5 rings (SSSR count). The molecule has 0 bridgehead atoms. The van der Waals surface area contributed by atoms with Crippen LogP contribution < -0.4 is 14.8 Å². The minimum atomic E-state index is -0.476. The van der Waals surface area contributed by atoms with Crippen LogP contribution in [0, 0.1) is 5.82 Å². The van der Waals surface area contributed by atoms with Gasteiger partial charge >= 0.3 is 0 Å². The van der Waals surface area contributed by atoms with Gasteiger partial charge in [-0.25, -0.2) is 4.39 Å². The maximum Gasteiger partial charge on any atom is 0.231 e. The molecule has 0 spiro atoms. The summed E-state index contributed by atoms with van der Waals surface area (Å²) in [4.78, 5) is 12.5. The fraction of sp³-hybridized carbons (Fsp3) is 0.348. The Kier molecular flexibility index (Phi) is 5.28. The first-order valence-corrected chi connectivity index (χ1v) is 10.6. The van der Waals surface area contributed by atoms with Gasteiger partial charge in [0.2, 0.25) is 12.7 Å². The summed E-state index contributed by atoms with van der Waals surface area (Å²) in [5.74, 6) is 2.34. The molecule has 1 N–H and O–H groups in total. The summed E-state index contributed by atoms with van der Waals surface area (Å²) in [5, 5.41) is 11.3. The fourth-order valence-electron chi connectivity index (χ4n) is 4.03. The van der Waals surface area contributed by atoms with E-state index in [4.69, 9.17) is 9.47 Å². The molecule has 0 fully saturated rings. The van der Waals surface area contributed by atoms with Crippen molar-refractivity contribution in [2.45, 2.75) is 45.1 Å². The third-order valence-electron chi connectivity index (χ3n) is 5.69. The molecule has 1 amide bonds. The minimum Gasteiger partial charge on any atom is -0.454 e. The number of aromatic nitrogens is 3. The minimum absolute atomic E-state index is 0.152. The van der Waals surface area contributed by atoms with Gasteiger partial charge in [0.05, 0.1) is 5.69 Å². The average molecular weight is 422 g/mol. The molecule has 1 aromatic heterocycles. The molecule has 31 heavy (non-hydrogen) atoms. The number of aryl methyl sites for hydroxylation is 2. The summed E-state index contributed by atoms with van der Waals surface area (Å²) in [7, 11) is 0. The van der Waals surface area contributed by atoms with Crippen LogP contribution in [0.5, 0.6) is 11.5 Å². The Morgan fingerprint density at radius 2 is 1.97 bits per heavy atom. The average Bonchev–Trinajstić information content (AvgIpc) is 3.34. The zero-order valence-corrected chi connectivity index (χ0v) is 17.1. The number of nitrogens with zero attached hydrogens (tertiary/aromatic N) is 3. The zero-order chi connectivity index (χ0) is 21.2. The molecule has 0 atom stereocenters. The summed E-state index contributed by atoms with van der Waals surface area (Å²) in [5.41, 5.74) is 1.85. The van der Waals surface area contributed by atoms with Gasteiger partial charge in [-0.2, -0.15) is 0 Å². The molecule has 2 aliphatic heterocycles. The lowest BCUT2D eigenvalue weighted by atomic mass is 10.1. The Hall–Kier alpha value is -3.42. The van der Waals surface area contributed by atoms with E-state index in [-0.39, 0.29) is 24.8 Å². The standard InChI is InChI=1S/C23H23FN4O3/c24-17-8-7-16(23-27-26-21-4-2-1-3-11-28(21)23)13-18(17)25-22(29)10-6-15-5-9-19-20(12-15)31-14-30-19/h5,7-9,12-13H,1-4,6,10-11,14H2,(H,25,29). The van der Waals surface area contributed by atoms with Crippen molar-refractivity contribution in [2.24, 2.45) is 0 Å². The van der Waals surface area contributed by atoms with Crippen LogP contribution in [0.15, 0.2) is 36.4 Å². The number of nitrogens with one attached hydrogen (secondary N) is 1. The highest BCUT2D eigenvalue weighted by molar-refractivity contribution is 5.91. The van der Waals surface area contributed by atoms with Crippen molar-refractivity contribution in [1.82, 2.24) is 14.8 Å². The Bertz CT molecular complexity index is 1130. The van der Waals surface area contributed by atoms with Gasteiger partial charge in [-0.3, -0.25) is 4.79 Å². The quantitative estimate of drug-likeness (QED) is 0.670. The van der Waals surface area contributed by atoms with Crippen LogP contribution in [-0.4, -0.2) is 27.5 Å². The molecule has 7 nitrogen and oxygen atoms in total. The van der Waals surface area contributed by atoms with E-state index in [1.54, 1.807) is 12.1 Å². The number of hydrogen-bond donors (Lipinski definition) is 1. The number of rotatable bonds is 5. The van der Waals surface area contributed by atoms with Gasteiger partial charge in [0.25, 0.3) is 0 Å². The highest BCUT2D eigenvalue weighted by atomic mass is 19.1. The van der Waals surface area contributed by atoms with Gasteiger partial charge in [0.1, 0.15) is 11.6 Å². The number of carbonyl (C=O) groups is 1. The second kappa shape index (κ2) is 8.37. The van der Waals surface area contributed by atoms with Crippen molar-refractivity contribution in [1.29, 1.82) is 0 Å². The van der Waals surface area contributed by atoms with E-state index >= 15 is 0 Å². The molecule has 0 saturated heterocycles. The molecule has 3 aromatic rings. The van der Waals surface area contributed by atoms with Crippen molar-refractivity contribution in [3.8, 4) is 22.9 Å². The number of fused-ring (bicyclic) bond motifs is 2. The van der Waals surface area contributed by atoms with Crippen molar-refractivity contribution < 1.29 is 18.7 Å². The Morgan fingerprint density at radius 3 is 2.90 bits per heavy atom. The highest BCUT2D eigenvalue weighted by Gasteiger charge is 2.18. The summed E-state index contributed by atoms with van der Waals surface area (Å²) in [6.45, 7) is 1.07. The zero-order valence-electron chi connectivity index (χ0n) is 17.1. The number of anilines is 1. The SMILES string of the molecule is O=C(CCc1ccc2c(c1)OCO2)Nc1cc(-c2nnc3n2CCCCC3)ccc1F. The second-order valence-corrected chi connectivity index (χ2v) is 7.83. The monoisotopic (exact) mass is 422 g/mol. The van der Waals surface area contributed by atoms with E-state index in [0.29, 0.717) is 23.7 Å². The summed E-state index contributed by atoms with van der Waals surface area (Å²) >= 11 is 0. The predicted molar refractivity (Wildman–Crippen MR) is 112 cm³/mol. The predicted octanol–water partition coefficient (Wildman–Crippen LogP) is 4.11. The second-order valence-electron chi connectivity index (χ2n) is 7.83. The van der Waals surface area contributed by atoms with Crippen molar-refractivity contribution in [2.75, 3.05) is 12.1 Å². The van der Waals surface area contributed by atoms with Crippen LogP contribution >= 0.6 is 0 Å². The maximum absolute atomic E-state index is 14.4. The largest absolute Gasteiger partial charge is 0.454 e. The Morgan fingerprint density at radius 1 is 1.06 bits per heavy atom. The van der Waals surface area contributed by atoms with Gasteiger partial charge in [0.15, 0.2) is 17.3 Å². The first kappa shape index (κ1) is 19.5. The number of hydrogen-bond acceptors (Lipinski definition) is 5. The van der Waals surface area contributed by atoms with Crippen molar-refractivity contribution in [3.05, 3.63) is 53.6 Å². The molecule has 0 aliphatic carbocycles. The van der Waals surface area contributed by atoms with Crippen LogP contribution in [0.2, 0.25) is 0 Å². The lowest BCUT2D eigenvalue weighted by Gasteiger charge is -2.11. The molecule has 2 aromatic carbocycles. The number of halogens is 1. The summed E-state index contributed by atoms with van der Waals surface area (Å²) in [6.07, 6.45) is 4.98. The number of amides is 1. The highest BCUT2D eigenvalue weighted by Crippen LogP contribution is 2.33. The van der Waals surface area contributed by atoms with E-state index in [1.807, 2.05) is 18.2 Å². The van der Waals surface area contributed by atoms with Crippen LogP contribution in [0.25, 0.3) is 11.4 Å². The lowest BCUT2D eigenvalue weighted by molar-refractivity contribution is -0.116. The third-order valence-corrected chi connectivity index (χ3v) is 5.69. The summed E-state index contributed by atoms with van der Waals surface area (Å²) < 4.78 is 27.2. The molecular weight excluding hydrogens is 399 g/mol. The molecule has 0 radical (unpaired) electrons. The van der Waals surface area contributed by atoms with E-state index in [0.717, 1.165) is 49.2 Å². The third kappa shape index (κ3) is 4.10. The molecule has 0 saturated carbocycles. The normalized spacial score (nSPS) is 14.7. The van der Waals surface area contributed by atoms with E-state index in [1.165, 1.54) is 6.07 Å². The van der Waals surface area contributed by atoms with Crippen LogP contribution in [-0.2, 0) is 24.2 Å². The van der Waals surface area contributed by atoms with Gasteiger partial charge in [0, 0.05) is 24.9 Å². The van der Waals surface area contributed by atoms with Crippen LogP contribution in [0.3, 0.4) is 0 Å². The smallest absolute Gasteiger partial charge is 0.231 e. The van der Waals surface area contributed by atoms with Gasteiger partial charge < -0.3 is 19.4 Å². The number of ether oxygens (including phenoxy) is 2. The molecular formula is C23H23FN4O3. The lowest BCUT2D eigenvalue weighted by Crippen LogP contribution is -2.13. The summed E-state index contributed by atoms with van der Waals surface area (Å²) in [6, 6.07) is 10.3. The molecule has 8 heteroatoms. The Balaban J connectivity index is 1.28. The van der Waals surface area contributed by atoms with Crippen LogP contribution in [0.4, 0.5) is 10.1 Å². The van der Waals surface area contributed by atoms with Crippen molar-refractivity contribution >= 4 is 11.6 Å². The van der Waals surface area contributed by atoms with Crippen molar-refractivity contribution in [3.63, 3.8) is 0 Å². The van der Waals surface area contributed by atoms with E-state index in [9.17, 15) is 9.18 Å². The first-order valence-electron chi connectivity index (χ1n) is 10.6. The number of carbonyl (C=O) groups excluding carboxylic acids is 1. The molecule has 160 valence electrons. The molecule has 3 heterocycles.